The molecule has 3 rings (SSSR count). The predicted molar refractivity (Wildman–Crippen MR) is 108 cm³/mol. The Morgan fingerprint density at radius 3 is 2.62 bits per heavy atom. The molecule has 7 nitrogen and oxygen atoms in total. The van der Waals surface area contributed by atoms with Gasteiger partial charge in [-0.25, -0.2) is 4.79 Å². The predicted octanol–water partition coefficient (Wildman–Crippen LogP) is 1.83. The maximum atomic E-state index is 11.6. The molecule has 1 saturated carbocycles. The van der Waals surface area contributed by atoms with E-state index in [0.29, 0.717) is 12.6 Å². The van der Waals surface area contributed by atoms with Crippen molar-refractivity contribution >= 4 is 30.8 Å². The minimum absolute atomic E-state index is 0. The van der Waals surface area contributed by atoms with Gasteiger partial charge in [0.2, 0.25) is 0 Å². The van der Waals surface area contributed by atoms with Gasteiger partial charge in [0.15, 0.2) is 0 Å². The molecular weight excluding hydrogens is 375 g/mol. The Balaban J connectivity index is 0.00000169. The van der Waals surface area contributed by atoms with E-state index in [1.807, 2.05) is 0 Å². The van der Waals surface area contributed by atoms with Crippen molar-refractivity contribution < 1.29 is 4.79 Å². The zero-order valence-corrected chi connectivity index (χ0v) is 17.3. The van der Waals surface area contributed by atoms with E-state index in [1.54, 1.807) is 14.1 Å². The summed E-state index contributed by atoms with van der Waals surface area (Å²) in [5.41, 5.74) is 8.19. The van der Waals surface area contributed by atoms with Crippen molar-refractivity contribution in [3.63, 3.8) is 0 Å². The first kappa shape index (κ1) is 23.0. The van der Waals surface area contributed by atoms with Crippen molar-refractivity contribution in [2.24, 2.45) is 11.7 Å². The molecule has 9 heteroatoms. The summed E-state index contributed by atoms with van der Waals surface area (Å²) in [6, 6.07) is 2.46. The molecule has 0 atom stereocenters. The van der Waals surface area contributed by atoms with Crippen molar-refractivity contribution in [2.45, 2.75) is 51.4 Å². The number of nitrogens with one attached hydrogen (secondary N) is 1. The summed E-state index contributed by atoms with van der Waals surface area (Å²) in [6.45, 7) is 4.60. The third kappa shape index (κ3) is 6.01. The lowest BCUT2D eigenvalue weighted by molar-refractivity contribution is 0.159. The molecule has 150 valence electrons. The summed E-state index contributed by atoms with van der Waals surface area (Å²) in [5.74, 6) is 0.790. The molecule has 1 aromatic rings. The van der Waals surface area contributed by atoms with Gasteiger partial charge in [-0.05, 0) is 37.7 Å². The number of carbonyl (C=O) groups excluding carboxylic acids is 1. The van der Waals surface area contributed by atoms with Crippen molar-refractivity contribution in [2.75, 3.05) is 27.2 Å². The number of fused-ring (bicyclic) bond motifs is 1. The van der Waals surface area contributed by atoms with Crippen LogP contribution in [-0.2, 0) is 19.6 Å². The maximum Gasteiger partial charge on any atom is 0.317 e. The zero-order chi connectivity index (χ0) is 17.1. The third-order valence-electron chi connectivity index (χ3n) is 5.16. The third-order valence-corrected chi connectivity index (χ3v) is 5.16. The van der Waals surface area contributed by atoms with Crippen LogP contribution in [0.25, 0.3) is 0 Å². The van der Waals surface area contributed by atoms with Crippen LogP contribution in [0.2, 0.25) is 0 Å². The molecule has 0 aromatic carbocycles. The summed E-state index contributed by atoms with van der Waals surface area (Å²) < 4.78 is 2.09. The fourth-order valence-electron chi connectivity index (χ4n) is 3.68. The number of carbonyl (C=O) groups is 1. The molecule has 0 bridgehead atoms. The molecular formula is C17H32Cl2N6O. The lowest BCUT2D eigenvalue weighted by Crippen LogP contribution is -2.39. The highest BCUT2D eigenvalue weighted by molar-refractivity contribution is 5.85. The Morgan fingerprint density at radius 2 is 1.96 bits per heavy atom. The first-order valence-corrected chi connectivity index (χ1v) is 9.00. The van der Waals surface area contributed by atoms with Gasteiger partial charge < -0.3 is 16.0 Å². The summed E-state index contributed by atoms with van der Waals surface area (Å²) in [6.07, 6.45) is 4.87. The maximum absolute atomic E-state index is 11.6. The van der Waals surface area contributed by atoms with Gasteiger partial charge in [-0.1, -0.05) is 0 Å². The highest BCUT2D eigenvalue weighted by atomic mass is 35.5. The molecule has 3 N–H and O–H groups in total. The van der Waals surface area contributed by atoms with Crippen LogP contribution in [0.4, 0.5) is 4.79 Å². The van der Waals surface area contributed by atoms with Gasteiger partial charge in [-0.15, -0.1) is 24.8 Å². The van der Waals surface area contributed by atoms with E-state index in [-0.39, 0.29) is 30.8 Å². The van der Waals surface area contributed by atoms with Gasteiger partial charge >= 0.3 is 6.03 Å². The van der Waals surface area contributed by atoms with E-state index >= 15 is 0 Å². The number of hydrogen-bond acceptors (Lipinski definition) is 4. The Hall–Kier alpha value is -1.02. The molecule has 26 heavy (non-hydrogen) atoms. The van der Waals surface area contributed by atoms with E-state index in [1.165, 1.54) is 42.8 Å². The number of halogens is 2. The zero-order valence-electron chi connectivity index (χ0n) is 15.7. The molecule has 1 fully saturated rings. The second kappa shape index (κ2) is 10.3. The number of nitrogens with zero attached hydrogens (tertiary/aromatic N) is 4. The highest BCUT2D eigenvalue weighted by Crippen LogP contribution is 2.25. The molecule has 1 aliphatic heterocycles. The topological polar surface area (TPSA) is 79.4 Å². The molecule has 0 radical (unpaired) electrons. The molecule has 1 aromatic heterocycles. The average molecular weight is 407 g/mol. The summed E-state index contributed by atoms with van der Waals surface area (Å²) in [7, 11) is 3.48. The lowest BCUT2D eigenvalue weighted by atomic mass is 9.86. The molecule has 0 spiro atoms. The molecule has 2 heterocycles. The van der Waals surface area contributed by atoms with Crippen molar-refractivity contribution in [1.29, 1.82) is 0 Å². The number of urea groups is 1. The Morgan fingerprint density at radius 1 is 1.27 bits per heavy atom. The van der Waals surface area contributed by atoms with E-state index in [2.05, 4.69) is 26.1 Å². The average Bonchev–Trinajstić information content (AvgIpc) is 2.96. The molecule has 1 aliphatic carbocycles. The van der Waals surface area contributed by atoms with Crippen LogP contribution < -0.4 is 11.1 Å². The van der Waals surface area contributed by atoms with E-state index in [0.717, 1.165) is 31.2 Å². The van der Waals surface area contributed by atoms with E-state index < -0.39 is 0 Å². The van der Waals surface area contributed by atoms with E-state index in [9.17, 15) is 4.79 Å². The van der Waals surface area contributed by atoms with Crippen LogP contribution >= 0.6 is 24.8 Å². The minimum atomic E-state index is -0.0851. The highest BCUT2D eigenvalue weighted by Gasteiger charge is 2.24. The standard InChI is InChI=1S/C17H30N6O.2ClH/c1-21(2)17(24)19-10-15-9-16-12-22(7-8-23(16)20-15)11-13-3-5-14(18)6-4-13;;/h9,13-14H,3-8,10-12,18H2,1-2H3,(H,19,24);2*1H. The number of amides is 2. The van der Waals surface area contributed by atoms with Crippen LogP contribution in [0, 0.1) is 5.92 Å². The van der Waals surface area contributed by atoms with Gasteiger partial charge in [0.05, 0.1) is 24.5 Å². The summed E-state index contributed by atoms with van der Waals surface area (Å²) in [4.78, 5) is 15.7. The van der Waals surface area contributed by atoms with Crippen molar-refractivity contribution in [3.05, 3.63) is 17.5 Å². The largest absolute Gasteiger partial charge is 0.332 e. The normalized spacial score (nSPS) is 22.6. The lowest BCUT2D eigenvalue weighted by Gasteiger charge is -2.33. The monoisotopic (exact) mass is 406 g/mol. The summed E-state index contributed by atoms with van der Waals surface area (Å²) in [5, 5.41) is 7.49. The van der Waals surface area contributed by atoms with Gasteiger partial charge in [0, 0.05) is 39.8 Å². The van der Waals surface area contributed by atoms with Crippen LogP contribution in [-0.4, -0.2) is 58.8 Å². The van der Waals surface area contributed by atoms with Crippen LogP contribution in [0.1, 0.15) is 37.1 Å². The fourth-order valence-corrected chi connectivity index (χ4v) is 3.68. The first-order valence-electron chi connectivity index (χ1n) is 9.00. The molecule has 2 amide bonds. The Kier molecular flexibility index (Phi) is 9.16. The number of nitrogens with two attached hydrogens (primary N) is 1. The fraction of sp³-hybridized carbons (Fsp3) is 0.765. The number of hydrogen-bond donors (Lipinski definition) is 2. The van der Waals surface area contributed by atoms with Crippen LogP contribution in [0.5, 0.6) is 0 Å². The van der Waals surface area contributed by atoms with Crippen LogP contribution in [0.3, 0.4) is 0 Å². The van der Waals surface area contributed by atoms with E-state index in [4.69, 9.17) is 5.73 Å². The Bertz CT molecular complexity index is 572. The van der Waals surface area contributed by atoms with Gasteiger partial charge in [-0.3, -0.25) is 9.58 Å². The molecule has 0 saturated heterocycles. The van der Waals surface area contributed by atoms with Gasteiger partial charge in [0.1, 0.15) is 0 Å². The second-order valence-electron chi connectivity index (χ2n) is 7.42. The van der Waals surface area contributed by atoms with Crippen molar-refractivity contribution in [1.82, 2.24) is 24.9 Å². The SMILES string of the molecule is CN(C)C(=O)NCc1cc2n(n1)CCN(CC1CCC(N)CC1)C2.Cl.Cl. The Labute approximate surface area is 168 Å². The summed E-state index contributed by atoms with van der Waals surface area (Å²) >= 11 is 0. The minimum Gasteiger partial charge on any atom is -0.332 e. The quantitative estimate of drug-likeness (QED) is 0.798. The number of rotatable bonds is 4. The first-order chi connectivity index (χ1) is 11.5. The van der Waals surface area contributed by atoms with Crippen molar-refractivity contribution in [3.8, 4) is 0 Å². The second-order valence-corrected chi connectivity index (χ2v) is 7.42. The van der Waals surface area contributed by atoms with Gasteiger partial charge in [-0.2, -0.15) is 5.10 Å². The number of aromatic nitrogens is 2. The van der Waals surface area contributed by atoms with Gasteiger partial charge in [0.25, 0.3) is 0 Å². The molecule has 0 unspecified atom stereocenters. The smallest absolute Gasteiger partial charge is 0.317 e. The molecule has 2 aliphatic rings. The van der Waals surface area contributed by atoms with Crippen LogP contribution in [0.15, 0.2) is 6.07 Å².